The van der Waals surface area contributed by atoms with E-state index < -0.39 is 6.10 Å². The Morgan fingerprint density at radius 2 is 2.03 bits per heavy atom. The van der Waals surface area contributed by atoms with E-state index in [0.29, 0.717) is 36.6 Å². The van der Waals surface area contributed by atoms with Crippen LogP contribution in [0.5, 0.6) is 11.5 Å². The summed E-state index contributed by atoms with van der Waals surface area (Å²) in [6.07, 6.45) is 0.184. The zero-order chi connectivity index (χ0) is 21.8. The number of aliphatic hydroxyl groups excluding tert-OH is 1. The Morgan fingerprint density at radius 1 is 1.19 bits per heavy atom. The fourth-order valence-corrected chi connectivity index (χ4v) is 4.22. The molecule has 0 bridgehead atoms. The number of rotatable bonds is 4. The van der Waals surface area contributed by atoms with Gasteiger partial charge >= 0.3 is 6.03 Å². The highest BCUT2D eigenvalue weighted by Gasteiger charge is 2.40. The lowest BCUT2D eigenvalue weighted by molar-refractivity contribution is -0.149. The van der Waals surface area contributed by atoms with Gasteiger partial charge in [-0.2, -0.15) is 0 Å². The SMILES string of the molecule is CCNC(=O)C[C@@H]1CC[C@H]2[C@@H](COC[C@H](O)CN2C(=O)Nc2ccc3c(c2)OCO3)O1. The lowest BCUT2D eigenvalue weighted by Crippen LogP contribution is -2.58. The largest absolute Gasteiger partial charge is 0.454 e. The number of carbonyl (C=O) groups is 2. The number of aliphatic hydroxyl groups is 1. The summed E-state index contributed by atoms with van der Waals surface area (Å²) in [6.45, 7) is 3.10. The average Bonchev–Trinajstić information content (AvgIpc) is 3.19. The van der Waals surface area contributed by atoms with Gasteiger partial charge in [0.1, 0.15) is 6.10 Å². The van der Waals surface area contributed by atoms with Crippen molar-refractivity contribution in [1.82, 2.24) is 10.2 Å². The van der Waals surface area contributed by atoms with Crippen molar-refractivity contribution < 1.29 is 33.6 Å². The van der Waals surface area contributed by atoms with Crippen LogP contribution in [0.15, 0.2) is 18.2 Å². The van der Waals surface area contributed by atoms with Crippen molar-refractivity contribution >= 4 is 17.6 Å². The van der Waals surface area contributed by atoms with Gasteiger partial charge in [0.15, 0.2) is 11.5 Å². The summed E-state index contributed by atoms with van der Waals surface area (Å²) in [4.78, 5) is 26.7. The Morgan fingerprint density at radius 3 is 2.87 bits per heavy atom. The van der Waals surface area contributed by atoms with Crippen molar-refractivity contribution in [1.29, 1.82) is 0 Å². The summed E-state index contributed by atoms with van der Waals surface area (Å²) in [5, 5.41) is 15.9. The van der Waals surface area contributed by atoms with E-state index in [2.05, 4.69) is 10.6 Å². The molecule has 1 aromatic rings. The Labute approximate surface area is 180 Å². The second-order valence-corrected chi connectivity index (χ2v) is 7.94. The first-order chi connectivity index (χ1) is 15.0. The Hall–Kier alpha value is -2.56. The van der Waals surface area contributed by atoms with E-state index in [1.807, 2.05) is 6.92 Å². The molecule has 2 fully saturated rings. The second-order valence-electron chi connectivity index (χ2n) is 7.94. The molecule has 3 amide bonds. The van der Waals surface area contributed by atoms with Gasteiger partial charge in [-0.15, -0.1) is 0 Å². The van der Waals surface area contributed by atoms with E-state index in [4.69, 9.17) is 18.9 Å². The Bertz CT molecular complexity index is 805. The molecule has 3 N–H and O–H groups in total. The molecular formula is C21H29N3O7. The lowest BCUT2D eigenvalue weighted by atomic mass is 9.95. The fraction of sp³-hybridized carbons (Fsp3) is 0.619. The number of hydrogen-bond acceptors (Lipinski definition) is 7. The number of amides is 3. The van der Waals surface area contributed by atoms with Crippen molar-refractivity contribution in [3.8, 4) is 11.5 Å². The highest BCUT2D eigenvalue weighted by molar-refractivity contribution is 5.90. The third-order valence-corrected chi connectivity index (χ3v) is 5.65. The van der Waals surface area contributed by atoms with Gasteiger partial charge in [0.2, 0.25) is 12.7 Å². The summed E-state index contributed by atoms with van der Waals surface area (Å²) >= 11 is 0. The van der Waals surface area contributed by atoms with Gasteiger partial charge in [-0.05, 0) is 31.9 Å². The molecule has 0 saturated carbocycles. The first-order valence-corrected chi connectivity index (χ1v) is 10.7. The predicted octanol–water partition coefficient (Wildman–Crippen LogP) is 1.08. The van der Waals surface area contributed by atoms with Crippen LogP contribution in [0.4, 0.5) is 10.5 Å². The average molecular weight is 435 g/mol. The van der Waals surface area contributed by atoms with Crippen LogP contribution < -0.4 is 20.1 Å². The molecular weight excluding hydrogens is 406 g/mol. The maximum atomic E-state index is 13.1. The number of anilines is 1. The number of fused-ring (bicyclic) bond motifs is 2. The molecule has 0 unspecified atom stereocenters. The van der Waals surface area contributed by atoms with Crippen LogP contribution in [0.2, 0.25) is 0 Å². The third-order valence-electron chi connectivity index (χ3n) is 5.65. The summed E-state index contributed by atoms with van der Waals surface area (Å²) in [5.41, 5.74) is 0.574. The first-order valence-electron chi connectivity index (χ1n) is 10.7. The van der Waals surface area contributed by atoms with Crippen LogP contribution in [0, 0.1) is 0 Å². The minimum Gasteiger partial charge on any atom is -0.454 e. The van der Waals surface area contributed by atoms with Crippen LogP contribution in [0.1, 0.15) is 26.2 Å². The topological polar surface area (TPSA) is 119 Å². The number of carbonyl (C=O) groups excluding carboxylic acids is 2. The molecule has 10 nitrogen and oxygen atoms in total. The van der Waals surface area contributed by atoms with Crippen LogP contribution in [0.3, 0.4) is 0 Å². The minimum absolute atomic E-state index is 0.0504. The second kappa shape index (κ2) is 9.71. The summed E-state index contributed by atoms with van der Waals surface area (Å²) in [5.74, 6) is 1.16. The van der Waals surface area contributed by atoms with Crippen molar-refractivity contribution in [3.05, 3.63) is 18.2 Å². The third kappa shape index (κ3) is 5.20. The van der Waals surface area contributed by atoms with E-state index in [-0.39, 0.29) is 63.2 Å². The molecule has 4 atom stereocenters. The molecule has 1 aromatic carbocycles. The Kier molecular flexibility index (Phi) is 6.79. The van der Waals surface area contributed by atoms with Gasteiger partial charge < -0.3 is 39.6 Å². The number of ether oxygens (including phenoxy) is 4. The number of hydrogen-bond donors (Lipinski definition) is 3. The van der Waals surface area contributed by atoms with E-state index in [1.165, 1.54) is 0 Å². The molecule has 31 heavy (non-hydrogen) atoms. The standard InChI is InChI=1S/C21H29N3O7/c1-2-22-20(26)8-15-4-5-16-19(31-15)11-28-10-14(25)9-24(16)21(27)23-13-3-6-17-18(7-13)30-12-29-17/h3,6-7,14-16,19,25H,2,4-5,8-12H2,1H3,(H,22,26)(H,23,27)/t14-,15+,16+,19-/m1/s1. The maximum absolute atomic E-state index is 13.1. The summed E-state index contributed by atoms with van der Waals surface area (Å²) in [7, 11) is 0. The summed E-state index contributed by atoms with van der Waals surface area (Å²) in [6, 6.07) is 4.59. The molecule has 3 heterocycles. The Balaban J connectivity index is 1.44. The minimum atomic E-state index is -0.795. The molecule has 0 aliphatic carbocycles. The smallest absolute Gasteiger partial charge is 0.322 e. The van der Waals surface area contributed by atoms with Gasteiger partial charge in [-0.25, -0.2) is 4.79 Å². The van der Waals surface area contributed by atoms with Crippen molar-refractivity contribution in [2.45, 2.75) is 50.5 Å². The number of nitrogens with one attached hydrogen (secondary N) is 2. The maximum Gasteiger partial charge on any atom is 0.322 e. The number of urea groups is 1. The predicted molar refractivity (Wildman–Crippen MR) is 110 cm³/mol. The van der Waals surface area contributed by atoms with Gasteiger partial charge in [0, 0.05) is 18.3 Å². The van der Waals surface area contributed by atoms with E-state index >= 15 is 0 Å². The highest BCUT2D eigenvalue weighted by Crippen LogP contribution is 2.34. The van der Waals surface area contributed by atoms with Gasteiger partial charge in [-0.3, -0.25) is 4.79 Å². The fourth-order valence-electron chi connectivity index (χ4n) is 4.22. The molecule has 3 aliphatic rings. The van der Waals surface area contributed by atoms with E-state index in [9.17, 15) is 14.7 Å². The monoisotopic (exact) mass is 435 g/mol. The highest BCUT2D eigenvalue weighted by atomic mass is 16.7. The van der Waals surface area contributed by atoms with Crippen LogP contribution in [-0.2, 0) is 14.3 Å². The molecule has 3 aliphatic heterocycles. The van der Waals surface area contributed by atoms with Gasteiger partial charge in [-0.1, -0.05) is 0 Å². The normalized spacial score (nSPS) is 27.6. The van der Waals surface area contributed by atoms with Gasteiger partial charge in [0.05, 0.1) is 44.4 Å². The molecule has 10 heteroatoms. The van der Waals surface area contributed by atoms with E-state index in [1.54, 1.807) is 23.1 Å². The molecule has 0 radical (unpaired) electrons. The zero-order valence-corrected chi connectivity index (χ0v) is 17.5. The van der Waals surface area contributed by atoms with Crippen molar-refractivity contribution in [2.75, 3.05) is 38.4 Å². The molecule has 0 spiro atoms. The van der Waals surface area contributed by atoms with E-state index in [0.717, 1.165) is 0 Å². The van der Waals surface area contributed by atoms with Crippen molar-refractivity contribution in [3.63, 3.8) is 0 Å². The van der Waals surface area contributed by atoms with Crippen LogP contribution in [-0.4, -0.2) is 79.4 Å². The molecule has 170 valence electrons. The molecule has 4 rings (SSSR count). The lowest BCUT2D eigenvalue weighted by Gasteiger charge is -2.44. The molecule has 2 saturated heterocycles. The number of benzene rings is 1. The quantitative estimate of drug-likeness (QED) is 0.648. The number of nitrogens with zero attached hydrogens (tertiary/aromatic N) is 1. The first kappa shape index (κ1) is 21.7. The van der Waals surface area contributed by atoms with Crippen LogP contribution >= 0.6 is 0 Å². The molecule has 0 aromatic heterocycles. The van der Waals surface area contributed by atoms with Crippen LogP contribution in [0.25, 0.3) is 0 Å². The van der Waals surface area contributed by atoms with Crippen molar-refractivity contribution in [2.24, 2.45) is 0 Å². The zero-order valence-electron chi connectivity index (χ0n) is 17.5. The number of β-amino-alcohol motifs (C(OH)–C–C–N with tert-alkyl or cyclic N) is 1. The van der Waals surface area contributed by atoms with Gasteiger partial charge in [0.25, 0.3) is 0 Å². The summed E-state index contributed by atoms with van der Waals surface area (Å²) < 4.78 is 22.4.